The molecule has 1 saturated carbocycles. The van der Waals surface area contributed by atoms with Crippen LogP contribution in [0.1, 0.15) is 72.1 Å². The number of hydrogen-bond acceptors (Lipinski definition) is 3. The highest BCUT2D eigenvalue weighted by Crippen LogP contribution is 2.42. The van der Waals surface area contributed by atoms with E-state index in [0.717, 1.165) is 38.6 Å². The third-order valence-electron chi connectivity index (χ3n) is 6.45. The van der Waals surface area contributed by atoms with E-state index in [-0.39, 0.29) is 17.7 Å². The van der Waals surface area contributed by atoms with Gasteiger partial charge in [-0.05, 0) is 46.0 Å². The van der Waals surface area contributed by atoms with Crippen LogP contribution in [0.3, 0.4) is 0 Å². The van der Waals surface area contributed by atoms with Gasteiger partial charge in [0, 0.05) is 32.6 Å². The van der Waals surface area contributed by atoms with Gasteiger partial charge in [-0.15, -0.1) is 0 Å². The third-order valence-corrected chi connectivity index (χ3v) is 6.45. The van der Waals surface area contributed by atoms with Crippen molar-refractivity contribution in [3.8, 4) is 0 Å². The van der Waals surface area contributed by atoms with E-state index in [2.05, 4.69) is 10.2 Å². The summed E-state index contributed by atoms with van der Waals surface area (Å²) in [4.78, 5) is 41.6. The van der Waals surface area contributed by atoms with Crippen molar-refractivity contribution in [1.29, 1.82) is 0 Å². The van der Waals surface area contributed by atoms with Crippen molar-refractivity contribution >= 4 is 17.7 Å². The number of carbonyl (C=O) groups is 3. The number of piperidine rings is 1. The van der Waals surface area contributed by atoms with Crippen molar-refractivity contribution in [2.75, 3.05) is 19.6 Å². The van der Waals surface area contributed by atoms with Crippen molar-refractivity contribution < 1.29 is 14.4 Å². The van der Waals surface area contributed by atoms with Gasteiger partial charge in [0.25, 0.3) is 0 Å². The van der Waals surface area contributed by atoms with Crippen molar-refractivity contribution in [2.24, 2.45) is 5.41 Å². The SMILES string of the molecule is CC(=O)NC(C)(C)C(=O)N1CC[C@]2(CCCN(C3CCCCC3)C2=O)C1. The maximum Gasteiger partial charge on any atom is 0.247 e. The van der Waals surface area contributed by atoms with Gasteiger partial charge >= 0.3 is 0 Å². The lowest BCUT2D eigenvalue weighted by atomic mass is 9.77. The van der Waals surface area contributed by atoms with Gasteiger partial charge < -0.3 is 15.1 Å². The molecular weight excluding hydrogens is 330 g/mol. The lowest BCUT2D eigenvalue weighted by molar-refractivity contribution is -0.150. The molecule has 0 aromatic heterocycles. The molecule has 2 saturated heterocycles. The average Bonchev–Trinajstić information content (AvgIpc) is 3.01. The van der Waals surface area contributed by atoms with Gasteiger partial charge in [-0.2, -0.15) is 0 Å². The maximum atomic E-state index is 13.4. The summed E-state index contributed by atoms with van der Waals surface area (Å²) in [6, 6.07) is 0.397. The second kappa shape index (κ2) is 7.20. The van der Waals surface area contributed by atoms with E-state index in [1.54, 1.807) is 18.7 Å². The third kappa shape index (κ3) is 3.60. The Morgan fingerprint density at radius 2 is 1.77 bits per heavy atom. The van der Waals surface area contributed by atoms with Crippen molar-refractivity contribution in [3.05, 3.63) is 0 Å². The van der Waals surface area contributed by atoms with Crippen LogP contribution in [0.5, 0.6) is 0 Å². The summed E-state index contributed by atoms with van der Waals surface area (Å²) in [5.41, 5.74) is -1.34. The molecule has 3 aliphatic rings. The van der Waals surface area contributed by atoms with Gasteiger partial charge in [0.15, 0.2) is 0 Å². The number of carbonyl (C=O) groups excluding carboxylic acids is 3. The summed E-state index contributed by atoms with van der Waals surface area (Å²) in [7, 11) is 0. The molecule has 1 N–H and O–H groups in total. The molecule has 6 heteroatoms. The monoisotopic (exact) mass is 363 g/mol. The smallest absolute Gasteiger partial charge is 0.247 e. The van der Waals surface area contributed by atoms with Crippen LogP contribution in [-0.2, 0) is 14.4 Å². The van der Waals surface area contributed by atoms with Crippen molar-refractivity contribution in [1.82, 2.24) is 15.1 Å². The van der Waals surface area contributed by atoms with Gasteiger partial charge in [0.05, 0.1) is 5.41 Å². The molecule has 1 aliphatic carbocycles. The second-order valence-electron chi connectivity index (χ2n) is 8.96. The Hall–Kier alpha value is -1.59. The second-order valence-corrected chi connectivity index (χ2v) is 8.96. The van der Waals surface area contributed by atoms with Gasteiger partial charge in [-0.3, -0.25) is 14.4 Å². The lowest BCUT2D eigenvalue weighted by Crippen LogP contribution is -2.57. The molecule has 3 rings (SSSR count). The molecule has 146 valence electrons. The summed E-state index contributed by atoms with van der Waals surface area (Å²) >= 11 is 0. The molecular formula is C20H33N3O3. The quantitative estimate of drug-likeness (QED) is 0.835. The molecule has 0 bridgehead atoms. The summed E-state index contributed by atoms with van der Waals surface area (Å²) in [5.74, 6) is -0.0371. The first kappa shape index (κ1) is 19.2. The van der Waals surface area contributed by atoms with Gasteiger partial charge in [-0.25, -0.2) is 0 Å². The lowest BCUT2D eigenvalue weighted by Gasteiger charge is -2.44. The van der Waals surface area contributed by atoms with Gasteiger partial charge in [-0.1, -0.05) is 19.3 Å². The summed E-state index contributed by atoms with van der Waals surface area (Å²) < 4.78 is 0. The van der Waals surface area contributed by atoms with Crippen LogP contribution in [0.25, 0.3) is 0 Å². The molecule has 6 nitrogen and oxygen atoms in total. The van der Waals surface area contributed by atoms with Crippen LogP contribution in [0.4, 0.5) is 0 Å². The van der Waals surface area contributed by atoms with E-state index < -0.39 is 11.0 Å². The number of rotatable bonds is 3. The molecule has 2 aliphatic heterocycles. The number of nitrogens with one attached hydrogen (secondary N) is 1. The largest absolute Gasteiger partial charge is 0.342 e. The minimum atomic E-state index is -0.932. The molecule has 3 fully saturated rings. The highest BCUT2D eigenvalue weighted by atomic mass is 16.2. The van der Waals surface area contributed by atoms with Crippen LogP contribution in [0.2, 0.25) is 0 Å². The summed E-state index contributed by atoms with van der Waals surface area (Å²) in [6.45, 7) is 6.87. The Morgan fingerprint density at radius 1 is 1.08 bits per heavy atom. The molecule has 3 amide bonds. The van der Waals surface area contributed by atoms with Crippen LogP contribution < -0.4 is 5.32 Å². The predicted octanol–water partition coefficient (Wildman–Crippen LogP) is 2.07. The number of amides is 3. The average molecular weight is 364 g/mol. The van der Waals surface area contributed by atoms with Crippen molar-refractivity contribution in [3.63, 3.8) is 0 Å². The summed E-state index contributed by atoms with van der Waals surface area (Å²) in [6.07, 6.45) is 8.62. The highest BCUT2D eigenvalue weighted by molar-refractivity contribution is 5.92. The van der Waals surface area contributed by atoms with Crippen LogP contribution in [0, 0.1) is 5.41 Å². The van der Waals surface area contributed by atoms with E-state index >= 15 is 0 Å². The maximum absolute atomic E-state index is 13.4. The van der Waals surface area contributed by atoms with E-state index in [1.807, 2.05) is 0 Å². The van der Waals surface area contributed by atoms with Gasteiger partial charge in [0.1, 0.15) is 5.54 Å². The fraction of sp³-hybridized carbons (Fsp3) is 0.850. The number of nitrogens with zero attached hydrogens (tertiary/aromatic N) is 2. The Bertz CT molecular complexity index is 583. The molecule has 1 atom stereocenters. The molecule has 0 aromatic carbocycles. The zero-order valence-electron chi connectivity index (χ0n) is 16.5. The van der Waals surface area contributed by atoms with E-state index in [0.29, 0.717) is 19.1 Å². The normalized spacial score (nSPS) is 27.9. The molecule has 0 aromatic rings. The summed E-state index contributed by atoms with van der Waals surface area (Å²) in [5, 5.41) is 2.73. The topological polar surface area (TPSA) is 69.7 Å². The fourth-order valence-electron chi connectivity index (χ4n) is 5.16. The number of likely N-dealkylation sites (tertiary alicyclic amines) is 2. The van der Waals surface area contributed by atoms with E-state index in [9.17, 15) is 14.4 Å². The first-order chi connectivity index (χ1) is 12.3. The van der Waals surface area contributed by atoms with Crippen LogP contribution in [0.15, 0.2) is 0 Å². The molecule has 2 heterocycles. The van der Waals surface area contributed by atoms with Gasteiger partial charge in [0.2, 0.25) is 17.7 Å². The van der Waals surface area contributed by atoms with E-state index in [4.69, 9.17) is 0 Å². The molecule has 1 spiro atoms. The van der Waals surface area contributed by atoms with Crippen LogP contribution >= 0.6 is 0 Å². The predicted molar refractivity (Wildman–Crippen MR) is 99.3 cm³/mol. The molecule has 0 radical (unpaired) electrons. The number of hydrogen-bond donors (Lipinski definition) is 1. The highest BCUT2D eigenvalue weighted by Gasteiger charge is 2.51. The standard InChI is InChI=1S/C20H33N3O3/c1-15(24)21-19(2,3)17(25)22-13-11-20(14-22)10-7-12-23(18(20)26)16-8-5-4-6-9-16/h16H,4-14H2,1-3H3,(H,21,24)/t20-/m1/s1. The molecule has 0 unspecified atom stereocenters. The minimum Gasteiger partial charge on any atom is -0.342 e. The molecule has 26 heavy (non-hydrogen) atoms. The van der Waals surface area contributed by atoms with Crippen LogP contribution in [-0.4, -0.2) is 58.7 Å². The Labute approximate surface area is 156 Å². The fourth-order valence-corrected chi connectivity index (χ4v) is 5.16. The Balaban J connectivity index is 1.70. The first-order valence-corrected chi connectivity index (χ1v) is 10.1. The Morgan fingerprint density at radius 3 is 2.42 bits per heavy atom. The van der Waals surface area contributed by atoms with E-state index in [1.165, 1.54) is 26.2 Å². The van der Waals surface area contributed by atoms with Crippen molar-refractivity contribution in [2.45, 2.75) is 83.7 Å². The Kier molecular flexibility index (Phi) is 5.31. The zero-order chi connectivity index (χ0) is 18.9. The zero-order valence-corrected chi connectivity index (χ0v) is 16.5. The minimum absolute atomic E-state index is 0.0906. The first-order valence-electron chi connectivity index (χ1n) is 10.1.